The van der Waals surface area contributed by atoms with Crippen molar-refractivity contribution in [3.05, 3.63) is 0 Å². The van der Waals surface area contributed by atoms with Gasteiger partial charge in [-0.1, -0.05) is 27.7 Å². The Kier molecular flexibility index (Phi) is 15.0. The zero-order valence-electron chi connectivity index (χ0n) is 26.0. The lowest BCUT2D eigenvalue weighted by Crippen LogP contribution is -2.33. The third kappa shape index (κ3) is 21.0. The van der Waals surface area contributed by atoms with Gasteiger partial charge in [0.2, 0.25) is 0 Å². The molecule has 0 aliphatic carbocycles. The van der Waals surface area contributed by atoms with Crippen LogP contribution in [-0.4, -0.2) is 69.7 Å². The second-order valence-corrected chi connectivity index (χ2v) is 17.4. The minimum atomic E-state index is -0.282. The highest BCUT2D eigenvalue weighted by molar-refractivity contribution is 8.01. The van der Waals surface area contributed by atoms with Gasteiger partial charge in [-0.2, -0.15) is 23.5 Å². The van der Waals surface area contributed by atoms with E-state index in [4.69, 9.17) is 18.9 Å². The average Bonchev–Trinajstić information content (AvgIpc) is 2.63. The maximum atomic E-state index is 13.2. The van der Waals surface area contributed by atoms with Gasteiger partial charge in [-0.3, -0.25) is 4.79 Å². The third-order valence-electron chi connectivity index (χ3n) is 5.23. The normalized spacial score (nSPS) is 14.9. The Bertz CT molecular complexity index is 591. The highest BCUT2D eigenvalue weighted by Gasteiger charge is 2.30. The molecule has 0 aliphatic heterocycles. The van der Waals surface area contributed by atoms with Gasteiger partial charge in [0, 0.05) is 34.2 Å². The second-order valence-electron chi connectivity index (χ2n) is 13.9. The minimum absolute atomic E-state index is 0.00543. The largest absolute Gasteiger partial charge is 0.460 e. The number of ether oxygens (including phenoxy) is 4. The van der Waals surface area contributed by atoms with Crippen LogP contribution < -0.4 is 0 Å². The Balaban J connectivity index is 5.13. The number of hydrogen-bond donors (Lipinski definition) is 0. The highest BCUT2D eigenvalue weighted by atomic mass is 32.2. The van der Waals surface area contributed by atoms with Gasteiger partial charge < -0.3 is 18.9 Å². The van der Waals surface area contributed by atoms with Gasteiger partial charge in [-0.05, 0) is 82.1 Å². The summed E-state index contributed by atoms with van der Waals surface area (Å²) in [5, 5.41) is 0. The van der Waals surface area contributed by atoms with Crippen molar-refractivity contribution < 1.29 is 23.7 Å². The molecule has 0 aliphatic rings. The maximum Gasteiger partial charge on any atom is 0.310 e. The van der Waals surface area contributed by atoms with Crippen LogP contribution in [0.1, 0.15) is 110 Å². The monoisotopic (exact) mass is 550 g/mol. The van der Waals surface area contributed by atoms with Crippen LogP contribution >= 0.6 is 23.5 Å². The van der Waals surface area contributed by atoms with Crippen LogP contribution in [0, 0.1) is 5.92 Å². The summed E-state index contributed by atoms with van der Waals surface area (Å²) in [7, 11) is 0. The molecule has 7 heteroatoms. The van der Waals surface area contributed by atoms with E-state index in [9.17, 15) is 4.79 Å². The van der Waals surface area contributed by atoms with Crippen molar-refractivity contribution >= 4 is 29.5 Å². The van der Waals surface area contributed by atoms with Gasteiger partial charge in [-0.15, -0.1) is 0 Å². The molecular weight excluding hydrogens is 492 g/mol. The number of thioether (sulfide) groups is 2. The molecule has 0 fully saturated rings. The summed E-state index contributed by atoms with van der Waals surface area (Å²) < 4.78 is 23.6. The first kappa shape index (κ1) is 36.0. The summed E-state index contributed by atoms with van der Waals surface area (Å²) in [5.74, 6) is 1.11. The molecule has 0 radical (unpaired) electrons. The van der Waals surface area contributed by atoms with Gasteiger partial charge in [-0.25, -0.2) is 0 Å². The number of esters is 1. The van der Waals surface area contributed by atoms with Crippen molar-refractivity contribution in [1.29, 1.82) is 0 Å². The van der Waals surface area contributed by atoms with E-state index in [1.807, 2.05) is 51.2 Å². The molecule has 0 saturated heterocycles. The van der Waals surface area contributed by atoms with Gasteiger partial charge in [0.1, 0.15) is 6.10 Å². The fourth-order valence-corrected chi connectivity index (χ4v) is 5.30. The van der Waals surface area contributed by atoms with Crippen LogP contribution in [0.2, 0.25) is 0 Å². The number of carbonyl (C=O) groups is 1. The molecule has 0 rings (SSSR count). The fraction of sp³-hybridized carbons (Fsp3) is 0.966. The predicted octanol–water partition coefficient (Wildman–Crippen LogP) is 7.78. The molecule has 0 aromatic heterocycles. The van der Waals surface area contributed by atoms with Crippen molar-refractivity contribution in [3.63, 3.8) is 0 Å². The second kappa shape index (κ2) is 15.0. The van der Waals surface area contributed by atoms with Crippen molar-refractivity contribution in [2.75, 3.05) is 31.3 Å². The molecule has 0 spiro atoms. The standard InChI is InChI=1S/C29H58O5S2/c1-22(19-33-27(8,9)10)34-24(30)23(20-35-28(11,12)15-17-31-25(2,3)4)21-36-29(13,14)16-18-32-26(5,6)7/h22-23H,15-21H2,1-14H3. The smallest absolute Gasteiger partial charge is 0.310 e. The SMILES string of the molecule is CC(COC(C)(C)C)OC(=O)C(CSC(C)(C)CCOC(C)(C)C)CSC(C)(C)CCOC(C)(C)C. The Morgan fingerprint density at radius 2 is 1.00 bits per heavy atom. The topological polar surface area (TPSA) is 54.0 Å². The summed E-state index contributed by atoms with van der Waals surface area (Å²) in [6.07, 6.45) is 1.57. The number of hydrogen-bond acceptors (Lipinski definition) is 7. The van der Waals surface area contributed by atoms with E-state index >= 15 is 0 Å². The van der Waals surface area contributed by atoms with E-state index in [1.54, 1.807) is 0 Å². The predicted molar refractivity (Wildman–Crippen MR) is 158 cm³/mol. The van der Waals surface area contributed by atoms with Gasteiger partial charge in [0.25, 0.3) is 0 Å². The Hall–Kier alpha value is 0.0500. The van der Waals surface area contributed by atoms with E-state index in [0.29, 0.717) is 19.8 Å². The molecule has 0 N–H and O–H groups in total. The quantitative estimate of drug-likeness (QED) is 0.182. The first-order valence-corrected chi connectivity index (χ1v) is 15.4. The molecule has 0 bridgehead atoms. The number of carbonyl (C=O) groups excluding carboxylic acids is 1. The minimum Gasteiger partial charge on any atom is -0.460 e. The Morgan fingerprint density at radius 1 is 0.639 bits per heavy atom. The van der Waals surface area contributed by atoms with Crippen molar-refractivity contribution in [2.45, 2.75) is 142 Å². The summed E-state index contributed by atoms with van der Waals surface area (Å²) in [6.45, 7) is 31.1. The Labute approximate surface area is 232 Å². The highest BCUT2D eigenvalue weighted by Crippen LogP contribution is 2.35. The van der Waals surface area contributed by atoms with E-state index < -0.39 is 0 Å². The molecule has 1 unspecified atom stereocenters. The van der Waals surface area contributed by atoms with Crippen molar-refractivity contribution in [2.24, 2.45) is 5.92 Å². The lowest BCUT2D eigenvalue weighted by molar-refractivity contribution is -0.157. The zero-order valence-corrected chi connectivity index (χ0v) is 27.6. The zero-order chi connectivity index (χ0) is 28.4. The molecule has 0 amide bonds. The summed E-state index contributed by atoms with van der Waals surface area (Å²) >= 11 is 3.66. The van der Waals surface area contributed by atoms with E-state index in [2.05, 4.69) is 69.2 Å². The van der Waals surface area contributed by atoms with Gasteiger partial charge in [0.05, 0.1) is 29.3 Å². The van der Waals surface area contributed by atoms with Crippen LogP contribution in [0.5, 0.6) is 0 Å². The van der Waals surface area contributed by atoms with Crippen LogP contribution in [0.3, 0.4) is 0 Å². The van der Waals surface area contributed by atoms with E-state index in [0.717, 1.165) is 24.3 Å². The molecule has 216 valence electrons. The van der Waals surface area contributed by atoms with Crippen LogP contribution in [-0.2, 0) is 23.7 Å². The average molecular weight is 551 g/mol. The first-order valence-electron chi connectivity index (χ1n) is 13.4. The molecule has 0 heterocycles. The molecule has 5 nitrogen and oxygen atoms in total. The van der Waals surface area contributed by atoms with Crippen LogP contribution in [0.15, 0.2) is 0 Å². The van der Waals surface area contributed by atoms with Crippen molar-refractivity contribution in [1.82, 2.24) is 0 Å². The van der Waals surface area contributed by atoms with Gasteiger partial charge >= 0.3 is 5.97 Å². The maximum absolute atomic E-state index is 13.2. The molecule has 0 aromatic rings. The third-order valence-corrected chi connectivity index (χ3v) is 8.34. The Morgan fingerprint density at radius 3 is 1.33 bits per heavy atom. The summed E-state index contributed by atoms with van der Waals surface area (Å²) in [5.41, 5.74) is -0.543. The number of rotatable bonds is 16. The molecule has 0 aromatic carbocycles. The fourth-order valence-electron chi connectivity index (χ4n) is 2.88. The lowest BCUT2D eigenvalue weighted by atomic mass is 10.1. The van der Waals surface area contributed by atoms with Crippen molar-refractivity contribution in [3.8, 4) is 0 Å². The van der Waals surface area contributed by atoms with Crippen LogP contribution in [0.25, 0.3) is 0 Å². The summed E-state index contributed by atoms with van der Waals surface area (Å²) in [6, 6.07) is 0. The summed E-state index contributed by atoms with van der Waals surface area (Å²) in [4.78, 5) is 13.2. The molecular formula is C29H58O5S2. The van der Waals surface area contributed by atoms with Crippen LogP contribution in [0.4, 0.5) is 0 Å². The first-order chi connectivity index (χ1) is 16.0. The lowest BCUT2D eigenvalue weighted by Gasteiger charge is -2.31. The van der Waals surface area contributed by atoms with Gasteiger partial charge in [0.15, 0.2) is 0 Å². The molecule has 1 atom stereocenters. The van der Waals surface area contributed by atoms with E-state index in [-0.39, 0.29) is 44.3 Å². The van der Waals surface area contributed by atoms with E-state index in [1.165, 1.54) is 0 Å². The molecule has 0 saturated carbocycles. The molecule has 36 heavy (non-hydrogen) atoms.